The zero-order chi connectivity index (χ0) is 9.12. The second-order valence-corrected chi connectivity index (χ2v) is 6.68. The zero-order valence-corrected chi connectivity index (χ0v) is 8.83. The van der Waals surface area contributed by atoms with Gasteiger partial charge in [-0.15, -0.1) is 0 Å². The van der Waals surface area contributed by atoms with Gasteiger partial charge >= 0.3 is 0 Å². The molecule has 1 unspecified atom stereocenters. The molecule has 0 aromatic heterocycles. The van der Waals surface area contributed by atoms with Crippen LogP contribution in [0, 0.1) is 0 Å². The maximum atomic E-state index is 10.5. The Hall–Kier alpha value is 0.290. The van der Waals surface area contributed by atoms with Gasteiger partial charge in [-0.2, -0.15) is 0 Å². The lowest BCUT2D eigenvalue weighted by molar-refractivity contribution is -0.870. The quantitative estimate of drug-likeness (QED) is 0.594. The topological polar surface area (TPSA) is 40.1 Å². The first-order chi connectivity index (χ1) is 4.71. The highest BCUT2D eigenvalue weighted by atomic mass is 32.8. The summed E-state index contributed by atoms with van der Waals surface area (Å²) in [5.41, 5.74) is 0. The predicted octanol–water partition coefficient (Wildman–Crippen LogP) is -0.0406. The second-order valence-electron chi connectivity index (χ2n) is 3.63. The van der Waals surface area contributed by atoms with Crippen molar-refractivity contribution < 1.29 is 13.2 Å². The van der Waals surface area contributed by atoms with E-state index in [4.69, 9.17) is 0 Å². The molecule has 5 heteroatoms. The fourth-order valence-electron chi connectivity index (χ4n) is 0.716. The van der Waals surface area contributed by atoms with Gasteiger partial charge in [-0.05, 0) is 20.0 Å². The molecule has 0 rings (SSSR count). The maximum absolute atomic E-state index is 10.5. The monoisotopic (exact) mass is 197 g/mol. The van der Waals surface area contributed by atoms with E-state index in [2.05, 4.69) is 11.2 Å². The van der Waals surface area contributed by atoms with Crippen molar-refractivity contribution >= 4 is 20.0 Å². The lowest BCUT2D eigenvalue weighted by Gasteiger charge is -2.24. The van der Waals surface area contributed by atoms with Crippen molar-refractivity contribution in [3.05, 3.63) is 0 Å². The van der Waals surface area contributed by atoms with E-state index in [1.807, 2.05) is 21.1 Å². The Morgan fingerprint density at radius 3 is 2.18 bits per heavy atom. The molecule has 1 atom stereocenters. The molecule has 3 nitrogen and oxygen atoms in total. The summed E-state index contributed by atoms with van der Waals surface area (Å²) >= 11 is 4.24. The van der Waals surface area contributed by atoms with Gasteiger partial charge in [0.15, 0.2) is 0 Å². The van der Waals surface area contributed by atoms with Crippen molar-refractivity contribution in [1.82, 2.24) is 0 Å². The van der Waals surface area contributed by atoms with Crippen LogP contribution in [0.15, 0.2) is 0 Å². The highest BCUT2D eigenvalue weighted by Crippen LogP contribution is 1.96. The molecule has 0 aromatic carbocycles. The summed E-state index contributed by atoms with van der Waals surface area (Å²) < 4.78 is 21.8. The zero-order valence-electron chi connectivity index (χ0n) is 7.20. The van der Waals surface area contributed by atoms with Crippen molar-refractivity contribution in [3.63, 3.8) is 0 Å². The molecular formula is C6H15NO2S2. The summed E-state index contributed by atoms with van der Waals surface area (Å²) in [6.07, 6.45) is 0.648. The third-order valence-electron chi connectivity index (χ3n) is 1.22. The first-order valence-electron chi connectivity index (χ1n) is 3.45. The minimum Gasteiger partial charge on any atom is -0.769 e. The molecule has 11 heavy (non-hydrogen) atoms. The molecule has 0 N–H and O–H groups in total. The van der Waals surface area contributed by atoms with E-state index in [-0.39, 0.29) is 5.75 Å². The Balaban J connectivity index is 3.61. The molecule has 0 fully saturated rings. The highest BCUT2D eigenvalue weighted by Gasteiger charge is 2.05. The Morgan fingerprint density at radius 1 is 1.45 bits per heavy atom. The van der Waals surface area contributed by atoms with Crippen LogP contribution in [0.3, 0.4) is 0 Å². The molecule has 0 radical (unpaired) electrons. The molecule has 68 valence electrons. The maximum Gasteiger partial charge on any atom is 0.0789 e. The van der Waals surface area contributed by atoms with Crippen molar-refractivity contribution in [2.75, 3.05) is 33.4 Å². The average Bonchev–Trinajstić information content (AvgIpc) is 1.55. The summed E-state index contributed by atoms with van der Waals surface area (Å²) in [6.45, 7) is 0.843. The third kappa shape index (κ3) is 10.3. The average molecular weight is 197 g/mol. The van der Waals surface area contributed by atoms with Gasteiger partial charge in [0.2, 0.25) is 0 Å². The van der Waals surface area contributed by atoms with Crippen LogP contribution in [-0.2, 0) is 20.0 Å². The van der Waals surface area contributed by atoms with Gasteiger partial charge in [0, 0.05) is 12.2 Å². The minimum absolute atomic E-state index is 0.123. The lowest BCUT2D eigenvalue weighted by Crippen LogP contribution is -2.36. The first-order valence-corrected chi connectivity index (χ1v) is 6.02. The van der Waals surface area contributed by atoms with E-state index in [9.17, 15) is 8.76 Å². The summed E-state index contributed by atoms with van der Waals surface area (Å²) in [5.74, 6) is 0.123. The van der Waals surface area contributed by atoms with Gasteiger partial charge in [-0.3, -0.25) is 4.21 Å². The van der Waals surface area contributed by atoms with E-state index in [1.165, 1.54) is 0 Å². The van der Waals surface area contributed by atoms with Crippen LogP contribution >= 0.6 is 0 Å². The van der Waals surface area contributed by atoms with Crippen molar-refractivity contribution in [2.45, 2.75) is 6.42 Å². The van der Waals surface area contributed by atoms with Gasteiger partial charge < -0.3 is 9.04 Å². The van der Waals surface area contributed by atoms with Gasteiger partial charge in [0.25, 0.3) is 0 Å². The largest absolute Gasteiger partial charge is 0.769 e. The van der Waals surface area contributed by atoms with Crippen LogP contribution < -0.4 is 0 Å². The Labute approximate surface area is 73.5 Å². The molecule has 0 bridgehead atoms. The number of hydrogen-bond acceptors (Lipinski definition) is 3. The Bertz CT molecular complexity index is 203. The van der Waals surface area contributed by atoms with Crippen molar-refractivity contribution in [2.24, 2.45) is 0 Å². The standard InChI is InChI=1S/C6H15NO2S2/c1-7(2,3)5-4-6-11(8,9)10/h4-6H2,1-3H3. The van der Waals surface area contributed by atoms with Crippen LogP contribution in [0.2, 0.25) is 0 Å². The molecule has 0 aromatic rings. The summed E-state index contributed by atoms with van der Waals surface area (Å²) in [5, 5.41) is 0. The number of hydrogen-bond donors (Lipinski definition) is 0. The summed E-state index contributed by atoms with van der Waals surface area (Å²) in [7, 11) is 2.90. The predicted molar refractivity (Wildman–Crippen MR) is 48.7 cm³/mol. The number of quaternary nitrogens is 1. The smallest absolute Gasteiger partial charge is 0.0789 e. The first kappa shape index (κ1) is 11.3. The molecular weight excluding hydrogens is 182 g/mol. The SMILES string of the molecule is C[N+](C)(C)CCCS(=O)([O-])=S. The fourth-order valence-corrected chi connectivity index (χ4v) is 1.55. The molecule has 0 saturated heterocycles. The van der Waals surface area contributed by atoms with Crippen LogP contribution in [0.25, 0.3) is 0 Å². The van der Waals surface area contributed by atoms with E-state index >= 15 is 0 Å². The molecule has 0 amide bonds. The van der Waals surface area contributed by atoms with Gasteiger partial charge in [-0.1, -0.05) is 0 Å². The van der Waals surface area contributed by atoms with Crippen molar-refractivity contribution in [3.8, 4) is 0 Å². The molecule has 0 spiro atoms. The highest BCUT2D eigenvalue weighted by molar-refractivity contribution is 8.29. The van der Waals surface area contributed by atoms with Crippen LogP contribution in [0.1, 0.15) is 6.42 Å². The molecule has 0 saturated carbocycles. The number of nitrogens with zero attached hydrogens (tertiary/aromatic N) is 1. The molecule has 0 aliphatic carbocycles. The van der Waals surface area contributed by atoms with Crippen LogP contribution in [-0.4, -0.2) is 46.7 Å². The Kier molecular flexibility index (Phi) is 3.90. The van der Waals surface area contributed by atoms with Gasteiger partial charge in [0.1, 0.15) is 0 Å². The second kappa shape index (κ2) is 3.80. The molecule has 0 aliphatic heterocycles. The minimum atomic E-state index is -3.17. The van der Waals surface area contributed by atoms with Gasteiger partial charge in [-0.25, -0.2) is 0 Å². The molecule has 0 heterocycles. The van der Waals surface area contributed by atoms with E-state index in [0.717, 1.165) is 11.0 Å². The summed E-state index contributed by atoms with van der Waals surface area (Å²) in [6, 6.07) is 0. The normalized spacial score (nSPS) is 17.8. The van der Waals surface area contributed by atoms with E-state index in [0.29, 0.717) is 6.42 Å². The van der Waals surface area contributed by atoms with E-state index < -0.39 is 8.77 Å². The van der Waals surface area contributed by atoms with Crippen LogP contribution in [0.5, 0.6) is 0 Å². The fraction of sp³-hybridized carbons (Fsp3) is 1.00. The number of rotatable bonds is 4. The van der Waals surface area contributed by atoms with Crippen molar-refractivity contribution in [1.29, 1.82) is 0 Å². The molecule has 0 aliphatic rings. The third-order valence-corrected chi connectivity index (χ3v) is 2.51. The Morgan fingerprint density at radius 2 is 1.91 bits per heavy atom. The van der Waals surface area contributed by atoms with Crippen LogP contribution in [0.4, 0.5) is 0 Å². The van der Waals surface area contributed by atoms with E-state index in [1.54, 1.807) is 0 Å². The summed E-state index contributed by atoms with van der Waals surface area (Å²) in [4.78, 5) is 0. The van der Waals surface area contributed by atoms with Gasteiger partial charge in [0.05, 0.1) is 27.7 Å². The lowest BCUT2D eigenvalue weighted by atomic mass is 10.4.